The minimum atomic E-state index is -1.48. The Morgan fingerprint density at radius 2 is 1.43 bits per heavy atom. The fraction of sp³-hybridized carbons (Fsp3) is 0. The summed E-state index contributed by atoms with van der Waals surface area (Å²) in [5.41, 5.74) is -0.213. The Hall–Kier alpha value is -3.45. The Morgan fingerprint density at radius 1 is 0.821 bits per heavy atom. The topological polar surface area (TPSA) is 96.1 Å². The van der Waals surface area contributed by atoms with Gasteiger partial charge in [0.15, 0.2) is 0 Å². The van der Waals surface area contributed by atoms with Crippen LogP contribution in [-0.2, 0) is 0 Å². The molecule has 0 aliphatic rings. The standard InChI is InChI=1S/C21H12BrNO5/c22-13-10-12-8-4-5-9-14(12)23-17(13)15(20(25)26)16(21(27)28)18(23)19(24)11-6-2-1-3-7-11/h1-10H,(H,25,26)(H,27,28). The van der Waals surface area contributed by atoms with E-state index in [1.54, 1.807) is 60.7 Å². The average Bonchev–Trinajstić information content (AvgIpc) is 3.06. The van der Waals surface area contributed by atoms with E-state index in [1.165, 1.54) is 4.40 Å². The summed E-state index contributed by atoms with van der Waals surface area (Å²) in [6.45, 7) is 0. The van der Waals surface area contributed by atoms with Crippen molar-refractivity contribution < 1.29 is 24.6 Å². The maximum absolute atomic E-state index is 13.3. The molecular formula is C21H12BrNO5. The molecule has 0 saturated carbocycles. The third-order valence-electron chi connectivity index (χ3n) is 4.54. The largest absolute Gasteiger partial charge is 0.478 e. The van der Waals surface area contributed by atoms with Crippen molar-refractivity contribution >= 4 is 50.1 Å². The number of pyridine rings is 1. The molecule has 0 saturated heterocycles. The van der Waals surface area contributed by atoms with E-state index >= 15 is 0 Å². The van der Waals surface area contributed by atoms with Gasteiger partial charge in [0.1, 0.15) is 16.8 Å². The van der Waals surface area contributed by atoms with Crippen molar-refractivity contribution in [3.05, 3.63) is 87.5 Å². The molecule has 7 heteroatoms. The normalized spacial score (nSPS) is 11.0. The molecule has 2 aromatic heterocycles. The van der Waals surface area contributed by atoms with E-state index in [4.69, 9.17) is 0 Å². The highest BCUT2D eigenvalue weighted by atomic mass is 79.9. The number of fused-ring (bicyclic) bond motifs is 3. The first-order valence-electron chi connectivity index (χ1n) is 8.23. The monoisotopic (exact) mass is 437 g/mol. The van der Waals surface area contributed by atoms with E-state index in [-0.39, 0.29) is 16.8 Å². The maximum atomic E-state index is 13.3. The number of carboxylic acids is 2. The lowest BCUT2D eigenvalue weighted by atomic mass is 10.0. The van der Waals surface area contributed by atoms with Crippen molar-refractivity contribution in [3.8, 4) is 0 Å². The van der Waals surface area contributed by atoms with Crippen molar-refractivity contribution in [1.82, 2.24) is 4.40 Å². The van der Waals surface area contributed by atoms with Crippen molar-refractivity contribution in [2.75, 3.05) is 0 Å². The number of carbonyl (C=O) groups excluding carboxylic acids is 1. The average molecular weight is 438 g/mol. The van der Waals surface area contributed by atoms with Gasteiger partial charge in [-0.05, 0) is 33.4 Å². The lowest BCUT2D eigenvalue weighted by Crippen LogP contribution is -2.13. The molecule has 28 heavy (non-hydrogen) atoms. The van der Waals surface area contributed by atoms with Gasteiger partial charge in [-0.1, -0.05) is 48.5 Å². The van der Waals surface area contributed by atoms with Gasteiger partial charge in [-0.3, -0.25) is 4.79 Å². The van der Waals surface area contributed by atoms with E-state index in [1.807, 2.05) is 0 Å². The second kappa shape index (κ2) is 6.61. The van der Waals surface area contributed by atoms with Crippen LogP contribution >= 0.6 is 15.9 Å². The van der Waals surface area contributed by atoms with Crippen molar-refractivity contribution in [3.63, 3.8) is 0 Å². The number of para-hydroxylation sites is 1. The smallest absolute Gasteiger partial charge is 0.338 e. The number of hydrogen-bond donors (Lipinski definition) is 2. The maximum Gasteiger partial charge on any atom is 0.338 e. The van der Waals surface area contributed by atoms with E-state index in [0.29, 0.717) is 9.99 Å². The fourth-order valence-electron chi connectivity index (χ4n) is 3.42. The predicted molar refractivity (Wildman–Crippen MR) is 106 cm³/mol. The van der Waals surface area contributed by atoms with Crippen LogP contribution < -0.4 is 0 Å². The first-order chi connectivity index (χ1) is 13.4. The minimum Gasteiger partial charge on any atom is -0.478 e. The Bertz CT molecular complexity index is 1290. The van der Waals surface area contributed by atoms with Crippen LogP contribution in [0.1, 0.15) is 36.8 Å². The van der Waals surface area contributed by atoms with Crippen LogP contribution in [0.5, 0.6) is 0 Å². The molecule has 0 fully saturated rings. The van der Waals surface area contributed by atoms with Crippen LogP contribution in [0, 0.1) is 0 Å². The Labute approximate surface area is 166 Å². The first kappa shape index (κ1) is 17.9. The molecule has 0 aliphatic carbocycles. The summed E-state index contributed by atoms with van der Waals surface area (Å²) in [6.07, 6.45) is 0. The van der Waals surface area contributed by atoms with E-state index in [9.17, 15) is 24.6 Å². The van der Waals surface area contributed by atoms with Crippen molar-refractivity contribution in [1.29, 1.82) is 0 Å². The summed E-state index contributed by atoms with van der Waals surface area (Å²) in [6, 6.07) is 17.0. The van der Waals surface area contributed by atoms with Gasteiger partial charge in [0.25, 0.3) is 0 Å². The van der Waals surface area contributed by atoms with E-state index < -0.39 is 28.8 Å². The zero-order valence-electron chi connectivity index (χ0n) is 14.2. The molecule has 0 radical (unpaired) electrons. The highest BCUT2D eigenvalue weighted by Crippen LogP contribution is 2.35. The van der Waals surface area contributed by atoms with E-state index in [2.05, 4.69) is 15.9 Å². The molecule has 0 unspecified atom stereocenters. The highest BCUT2D eigenvalue weighted by molar-refractivity contribution is 9.10. The number of carboxylic acid groups (broad SMARTS) is 2. The molecule has 0 aliphatic heterocycles. The summed E-state index contributed by atoms with van der Waals surface area (Å²) in [4.78, 5) is 37.3. The molecule has 2 N–H and O–H groups in total. The van der Waals surface area contributed by atoms with Gasteiger partial charge >= 0.3 is 11.9 Å². The van der Waals surface area contributed by atoms with Gasteiger partial charge in [0.05, 0.1) is 11.0 Å². The fourth-order valence-corrected chi connectivity index (χ4v) is 4.04. The van der Waals surface area contributed by atoms with Gasteiger partial charge < -0.3 is 14.6 Å². The summed E-state index contributed by atoms with van der Waals surface area (Å²) >= 11 is 3.35. The summed E-state index contributed by atoms with van der Waals surface area (Å²) < 4.78 is 1.81. The van der Waals surface area contributed by atoms with Gasteiger partial charge in [0, 0.05) is 10.0 Å². The minimum absolute atomic E-state index is 0.128. The van der Waals surface area contributed by atoms with Crippen LogP contribution in [0.2, 0.25) is 0 Å². The first-order valence-corrected chi connectivity index (χ1v) is 9.03. The lowest BCUT2D eigenvalue weighted by Gasteiger charge is -2.09. The Balaban J connectivity index is 2.27. The molecule has 4 rings (SSSR count). The lowest BCUT2D eigenvalue weighted by molar-refractivity contribution is 0.0652. The SMILES string of the molecule is O=C(O)c1c(C(=O)O)c2c(Br)cc3ccccc3n2c1C(=O)c1ccccc1. The number of carbonyl (C=O) groups is 3. The molecular weight excluding hydrogens is 426 g/mol. The summed E-state index contributed by atoms with van der Waals surface area (Å²) in [5.74, 6) is -3.46. The Kier molecular flexibility index (Phi) is 4.24. The highest BCUT2D eigenvalue weighted by Gasteiger charge is 2.33. The third kappa shape index (κ3) is 2.59. The molecule has 0 bridgehead atoms. The number of hydrogen-bond acceptors (Lipinski definition) is 3. The molecule has 2 aromatic carbocycles. The zero-order chi connectivity index (χ0) is 20.0. The van der Waals surface area contributed by atoms with Crippen LogP contribution in [0.15, 0.2) is 65.1 Å². The zero-order valence-corrected chi connectivity index (χ0v) is 15.8. The van der Waals surface area contributed by atoms with E-state index in [0.717, 1.165) is 5.39 Å². The van der Waals surface area contributed by atoms with Crippen LogP contribution in [0.3, 0.4) is 0 Å². The second-order valence-corrected chi connectivity index (χ2v) is 6.99. The molecule has 0 amide bonds. The molecule has 4 aromatic rings. The number of ketones is 1. The van der Waals surface area contributed by atoms with Gasteiger partial charge in [-0.15, -0.1) is 0 Å². The number of rotatable bonds is 4. The van der Waals surface area contributed by atoms with Crippen LogP contribution in [-0.4, -0.2) is 32.3 Å². The molecule has 138 valence electrons. The van der Waals surface area contributed by atoms with Crippen molar-refractivity contribution in [2.45, 2.75) is 0 Å². The molecule has 0 atom stereocenters. The number of nitrogens with zero attached hydrogens (tertiary/aromatic N) is 1. The Morgan fingerprint density at radius 3 is 2.07 bits per heavy atom. The molecule has 0 spiro atoms. The molecule has 6 nitrogen and oxygen atoms in total. The predicted octanol–water partition coefficient (Wildman–Crippen LogP) is 4.48. The third-order valence-corrected chi connectivity index (χ3v) is 5.14. The van der Waals surface area contributed by atoms with Crippen molar-refractivity contribution in [2.24, 2.45) is 0 Å². The van der Waals surface area contributed by atoms with Crippen LogP contribution in [0.4, 0.5) is 0 Å². The summed E-state index contributed by atoms with van der Waals surface area (Å²) in [7, 11) is 0. The van der Waals surface area contributed by atoms with Gasteiger partial charge in [0.2, 0.25) is 5.78 Å². The number of aromatic nitrogens is 1. The van der Waals surface area contributed by atoms with Crippen LogP contribution in [0.25, 0.3) is 16.4 Å². The number of benzene rings is 2. The van der Waals surface area contributed by atoms with Gasteiger partial charge in [-0.2, -0.15) is 0 Å². The second-order valence-electron chi connectivity index (χ2n) is 6.14. The molecule has 2 heterocycles. The summed E-state index contributed by atoms with van der Waals surface area (Å²) in [5, 5.41) is 20.3. The van der Waals surface area contributed by atoms with Gasteiger partial charge in [-0.25, -0.2) is 9.59 Å². The number of aromatic carboxylic acids is 2. The quantitative estimate of drug-likeness (QED) is 0.458. The number of halogens is 1.